The molecule has 2 aromatic rings. The minimum Gasteiger partial charge on any atom is -0.479 e. The highest BCUT2D eigenvalue weighted by molar-refractivity contribution is 6.34. The quantitative estimate of drug-likeness (QED) is 0.560. The number of aliphatic hydroxyl groups is 1. The van der Waals surface area contributed by atoms with Gasteiger partial charge >= 0.3 is 17.8 Å². The van der Waals surface area contributed by atoms with Gasteiger partial charge in [-0.3, -0.25) is 14.4 Å². The van der Waals surface area contributed by atoms with Crippen LogP contribution in [-0.4, -0.2) is 58.4 Å². The molecular formula is C22H23ClN2O6. The number of hydrogen-bond acceptors (Lipinski definition) is 5. The third-order valence-corrected chi connectivity index (χ3v) is 5.13. The summed E-state index contributed by atoms with van der Waals surface area (Å²) in [7, 11) is 0. The number of carbonyl (C=O) groups excluding carboxylic acids is 2. The Morgan fingerprint density at radius 3 is 2.48 bits per heavy atom. The minimum absolute atomic E-state index is 0.236. The standard InChI is InChI=1S/C22H23ClN2O6/c23-17-4-1-3-16(12-17)15-7-5-14(6-8-15)11-18(13-19(26)22(29)30)24-20(27)21(28)25-9-2-10-31-25/h1,3-8,12,18-19,26H,2,9-11,13H2,(H,24,27)(H,29,30)/t18-,19-/m1/s1. The van der Waals surface area contributed by atoms with Crippen LogP contribution in [0.5, 0.6) is 0 Å². The van der Waals surface area contributed by atoms with Gasteiger partial charge < -0.3 is 15.5 Å². The molecule has 1 saturated heterocycles. The van der Waals surface area contributed by atoms with E-state index in [0.717, 1.165) is 21.8 Å². The van der Waals surface area contributed by atoms with Crippen LogP contribution in [0.25, 0.3) is 11.1 Å². The van der Waals surface area contributed by atoms with Crippen molar-refractivity contribution in [3.63, 3.8) is 0 Å². The highest BCUT2D eigenvalue weighted by atomic mass is 35.5. The Bertz CT molecular complexity index is 943. The molecule has 1 aliphatic rings. The van der Waals surface area contributed by atoms with Gasteiger partial charge in [-0.1, -0.05) is 48.0 Å². The molecule has 9 heteroatoms. The number of rotatable bonds is 7. The van der Waals surface area contributed by atoms with Crippen molar-refractivity contribution in [3.05, 3.63) is 59.1 Å². The topological polar surface area (TPSA) is 116 Å². The van der Waals surface area contributed by atoms with Gasteiger partial charge in [-0.25, -0.2) is 9.86 Å². The first kappa shape index (κ1) is 22.7. The number of amides is 2. The van der Waals surface area contributed by atoms with Crippen LogP contribution in [0.4, 0.5) is 0 Å². The Morgan fingerprint density at radius 1 is 1.13 bits per heavy atom. The van der Waals surface area contributed by atoms with E-state index in [4.69, 9.17) is 21.5 Å². The van der Waals surface area contributed by atoms with Crippen molar-refractivity contribution in [1.82, 2.24) is 10.4 Å². The molecule has 1 fully saturated rings. The average molecular weight is 447 g/mol. The van der Waals surface area contributed by atoms with Crippen molar-refractivity contribution in [2.24, 2.45) is 0 Å². The van der Waals surface area contributed by atoms with Gasteiger partial charge in [-0.15, -0.1) is 0 Å². The van der Waals surface area contributed by atoms with Crippen LogP contribution in [0.1, 0.15) is 18.4 Å². The lowest BCUT2D eigenvalue weighted by molar-refractivity contribution is -0.174. The molecular weight excluding hydrogens is 424 g/mol. The van der Waals surface area contributed by atoms with Crippen LogP contribution < -0.4 is 5.32 Å². The molecule has 0 aromatic heterocycles. The van der Waals surface area contributed by atoms with Gasteiger partial charge in [0.25, 0.3) is 0 Å². The number of hydrogen-bond donors (Lipinski definition) is 3. The molecule has 0 unspecified atom stereocenters. The summed E-state index contributed by atoms with van der Waals surface area (Å²) in [5, 5.41) is 22.9. The van der Waals surface area contributed by atoms with Crippen LogP contribution >= 0.6 is 11.6 Å². The number of hydroxylamine groups is 2. The Morgan fingerprint density at radius 2 is 1.87 bits per heavy atom. The lowest BCUT2D eigenvalue weighted by Crippen LogP contribution is -2.47. The maximum absolute atomic E-state index is 12.3. The van der Waals surface area contributed by atoms with Crippen molar-refractivity contribution in [2.75, 3.05) is 13.2 Å². The van der Waals surface area contributed by atoms with E-state index in [0.29, 0.717) is 24.6 Å². The second-order valence-electron chi connectivity index (χ2n) is 7.27. The molecule has 0 aliphatic carbocycles. The molecule has 0 bridgehead atoms. The van der Waals surface area contributed by atoms with E-state index in [1.165, 1.54) is 0 Å². The Labute approximate surface area is 184 Å². The molecule has 2 aromatic carbocycles. The van der Waals surface area contributed by atoms with Gasteiger partial charge in [0.2, 0.25) is 0 Å². The summed E-state index contributed by atoms with van der Waals surface area (Å²) in [5.74, 6) is -3.14. The molecule has 1 heterocycles. The van der Waals surface area contributed by atoms with Crippen LogP contribution in [-0.2, 0) is 25.6 Å². The smallest absolute Gasteiger partial charge is 0.335 e. The molecule has 164 valence electrons. The zero-order chi connectivity index (χ0) is 22.4. The third-order valence-electron chi connectivity index (χ3n) is 4.90. The number of halogens is 1. The number of nitrogens with one attached hydrogen (secondary N) is 1. The van der Waals surface area contributed by atoms with E-state index < -0.39 is 29.9 Å². The molecule has 3 rings (SSSR count). The predicted molar refractivity (Wildman–Crippen MR) is 113 cm³/mol. The Balaban J connectivity index is 1.70. The van der Waals surface area contributed by atoms with Gasteiger partial charge in [0.1, 0.15) is 0 Å². The Kier molecular flexibility index (Phi) is 7.62. The second kappa shape index (κ2) is 10.4. The lowest BCUT2D eigenvalue weighted by atomic mass is 9.98. The largest absolute Gasteiger partial charge is 0.479 e. The third kappa shape index (κ3) is 6.27. The zero-order valence-electron chi connectivity index (χ0n) is 16.7. The molecule has 3 N–H and O–H groups in total. The second-order valence-corrected chi connectivity index (χ2v) is 7.70. The SMILES string of the molecule is O=C(N[C@H](Cc1ccc(-c2cccc(Cl)c2)cc1)C[C@@H](O)C(=O)O)C(=O)N1CCCO1. The van der Waals surface area contributed by atoms with E-state index in [-0.39, 0.29) is 12.8 Å². The van der Waals surface area contributed by atoms with Crippen LogP contribution in [0.3, 0.4) is 0 Å². The van der Waals surface area contributed by atoms with E-state index >= 15 is 0 Å². The summed E-state index contributed by atoms with van der Waals surface area (Å²) in [5.41, 5.74) is 2.69. The summed E-state index contributed by atoms with van der Waals surface area (Å²) in [6, 6.07) is 14.1. The van der Waals surface area contributed by atoms with Gasteiger partial charge in [-0.05, 0) is 41.7 Å². The fourth-order valence-corrected chi connectivity index (χ4v) is 3.51. The van der Waals surface area contributed by atoms with Crippen molar-refractivity contribution in [3.8, 4) is 11.1 Å². The molecule has 2 amide bonds. The number of nitrogens with zero attached hydrogens (tertiary/aromatic N) is 1. The number of aliphatic carboxylic acids is 1. The fraction of sp³-hybridized carbons (Fsp3) is 0.318. The Hall–Kier alpha value is -2.94. The molecule has 2 atom stereocenters. The molecule has 0 spiro atoms. The van der Waals surface area contributed by atoms with Crippen LogP contribution in [0.2, 0.25) is 5.02 Å². The van der Waals surface area contributed by atoms with Gasteiger partial charge in [-0.2, -0.15) is 0 Å². The summed E-state index contributed by atoms with van der Waals surface area (Å²) < 4.78 is 0. The molecule has 31 heavy (non-hydrogen) atoms. The summed E-state index contributed by atoms with van der Waals surface area (Å²) in [6.07, 6.45) is -1.04. The molecule has 8 nitrogen and oxygen atoms in total. The number of carboxylic acids is 1. The number of benzene rings is 2. The minimum atomic E-state index is -1.67. The summed E-state index contributed by atoms with van der Waals surface area (Å²) in [6.45, 7) is 0.679. The van der Waals surface area contributed by atoms with Crippen LogP contribution in [0, 0.1) is 0 Å². The first-order valence-electron chi connectivity index (χ1n) is 9.84. The molecule has 0 saturated carbocycles. The predicted octanol–water partition coefficient (Wildman–Crippen LogP) is 2.03. The van der Waals surface area contributed by atoms with Crippen LogP contribution in [0.15, 0.2) is 48.5 Å². The summed E-state index contributed by atoms with van der Waals surface area (Å²) >= 11 is 6.04. The van der Waals surface area contributed by atoms with Gasteiger partial charge in [0, 0.05) is 17.5 Å². The first-order valence-corrected chi connectivity index (χ1v) is 10.2. The highest BCUT2D eigenvalue weighted by Gasteiger charge is 2.29. The van der Waals surface area contributed by atoms with E-state index in [1.54, 1.807) is 6.07 Å². The molecule has 1 aliphatic heterocycles. The number of aliphatic hydroxyl groups excluding tert-OH is 1. The van der Waals surface area contributed by atoms with Gasteiger partial charge in [0.15, 0.2) is 6.10 Å². The van der Waals surface area contributed by atoms with Crippen molar-refractivity contribution < 1.29 is 29.4 Å². The zero-order valence-corrected chi connectivity index (χ0v) is 17.4. The summed E-state index contributed by atoms with van der Waals surface area (Å²) in [4.78, 5) is 40.7. The first-order chi connectivity index (χ1) is 14.8. The monoisotopic (exact) mass is 446 g/mol. The maximum atomic E-state index is 12.3. The van der Waals surface area contributed by atoms with Crippen molar-refractivity contribution in [2.45, 2.75) is 31.4 Å². The van der Waals surface area contributed by atoms with E-state index in [9.17, 15) is 19.5 Å². The van der Waals surface area contributed by atoms with Crippen molar-refractivity contribution in [1.29, 1.82) is 0 Å². The van der Waals surface area contributed by atoms with E-state index in [2.05, 4.69) is 5.32 Å². The van der Waals surface area contributed by atoms with Crippen molar-refractivity contribution >= 4 is 29.4 Å². The number of carbonyl (C=O) groups is 3. The molecule has 0 radical (unpaired) electrons. The highest BCUT2D eigenvalue weighted by Crippen LogP contribution is 2.23. The maximum Gasteiger partial charge on any atom is 0.335 e. The lowest BCUT2D eigenvalue weighted by Gasteiger charge is -2.21. The average Bonchev–Trinajstić information content (AvgIpc) is 3.28. The van der Waals surface area contributed by atoms with Gasteiger partial charge in [0.05, 0.1) is 13.2 Å². The normalized spacial score (nSPS) is 15.4. The number of carboxylic acid groups (broad SMARTS) is 1. The fourth-order valence-electron chi connectivity index (χ4n) is 3.32. The van der Waals surface area contributed by atoms with E-state index in [1.807, 2.05) is 42.5 Å².